The van der Waals surface area contributed by atoms with Gasteiger partial charge >= 0.3 is 0 Å². The number of nitrogens with zero attached hydrogens (tertiary/aromatic N) is 1. The Balaban J connectivity index is 1.55. The van der Waals surface area contributed by atoms with E-state index in [0.29, 0.717) is 12.0 Å². The predicted octanol–water partition coefficient (Wildman–Crippen LogP) is 2.09. The van der Waals surface area contributed by atoms with Crippen LogP contribution in [-0.4, -0.2) is 51.5 Å². The molecular formula is C17H31N3O2. The van der Waals surface area contributed by atoms with Crippen LogP contribution in [-0.2, 0) is 9.47 Å². The molecule has 1 aliphatic heterocycles. The molecule has 5 heteroatoms. The summed E-state index contributed by atoms with van der Waals surface area (Å²) in [5.74, 6) is 1.62. The summed E-state index contributed by atoms with van der Waals surface area (Å²) in [6.07, 6.45) is 9.90. The van der Waals surface area contributed by atoms with E-state index in [9.17, 15) is 0 Å². The molecule has 5 nitrogen and oxygen atoms in total. The Kier molecular flexibility index (Phi) is 8.35. The maximum Gasteiger partial charge on any atom is 0.191 e. The number of hydrogen-bond donors (Lipinski definition) is 2. The van der Waals surface area contributed by atoms with Crippen LogP contribution in [0.4, 0.5) is 0 Å². The summed E-state index contributed by atoms with van der Waals surface area (Å²) in [7, 11) is 0. The van der Waals surface area contributed by atoms with E-state index in [-0.39, 0.29) is 0 Å². The van der Waals surface area contributed by atoms with Gasteiger partial charge in [0, 0.05) is 45.6 Å². The molecule has 2 N–H and O–H groups in total. The summed E-state index contributed by atoms with van der Waals surface area (Å²) >= 11 is 0. The summed E-state index contributed by atoms with van der Waals surface area (Å²) in [5, 5.41) is 6.79. The van der Waals surface area contributed by atoms with Crippen LogP contribution in [0.1, 0.15) is 39.0 Å². The molecule has 1 aliphatic carbocycles. The van der Waals surface area contributed by atoms with E-state index in [0.717, 1.165) is 77.6 Å². The lowest BCUT2D eigenvalue weighted by molar-refractivity contribution is 0.0205. The lowest BCUT2D eigenvalue weighted by atomic mass is 10.0. The molecule has 22 heavy (non-hydrogen) atoms. The highest BCUT2D eigenvalue weighted by atomic mass is 16.5. The van der Waals surface area contributed by atoms with E-state index < -0.39 is 0 Å². The average molecular weight is 309 g/mol. The second-order valence-electron chi connectivity index (χ2n) is 6.03. The van der Waals surface area contributed by atoms with Crippen molar-refractivity contribution >= 4 is 5.96 Å². The molecule has 0 saturated carbocycles. The third kappa shape index (κ3) is 6.79. The third-order valence-electron chi connectivity index (χ3n) is 4.10. The second kappa shape index (κ2) is 10.6. The third-order valence-corrected chi connectivity index (χ3v) is 4.10. The number of ether oxygens (including phenoxy) is 2. The summed E-state index contributed by atoms with van der Waals surface area (Å²) in [4.78, 5) is 4.63. The van der Waals surface area contributed by atoms with E-state index in [1.54, 1.807) is 0 Å². The highest BCUT2D eigenvalue weighted by Crippen LogP contribution is 2.14. The standard InChI is InChI=1S/C17H31N3O2/c1-2-18-17(20-16-6-3-4-7-16)19-10-5-11-22-14-15-8-12-21-13-9-15/h3-4,15-16H,2,5-14H2,1H3,(H2,18,19,20). The van der Waals surface area contributed by atoms with Gasteiger partial charge in [-0.05, 0) is 44.9 Å². The molecule has 1 saturated heterocycles. The van der Waals surface area contributed by atoms with Crippen molar-refractivity contribution in [2.75, 3.05) is 39.5 Å². The molecule has 1 fully saturated rings. The molecule has 0 unspecified atom stereocenters. The number of hydrogen-bond acceptors (Lipinski definition) is 3. The summed E-state index contributed by atoms with van der Waals surface area (Å²) < 4.78 is 11.1. The van der Waals surface area contributed by atoms with Crippen LogP contribution < -0.4 is 10.6 Å². The van der Waals surface area contributed by atoms with Crippen molar-refractivity contribution < 1.29 is 9.47 Å². The normalized spacial score (nSPS) is 20.5. The van der Waals surface area contributed by atoms with Gasteiger partial charge in [0.05, 0.1) is 0 Å². The fourth-order valence-electron chi connectivity index (χ4n) is 2.77. The highest BCUT2D eigenvalue weighted by Gasteiger charge is 2.13. The zero-order valence-electron chi connectivity index (χ0n) is 13.9. The Morgan fingerprint density at radius 2 is 2.05 bits per heavy atom. The molecule has 126 valence electrons. The molecule has 0 amide bonds. The molecule has 2 aliphatic rings. The average Bonchev–Trinajstić information content (AvgIpc) is 3.05. The molecule has 0 aromatic heterocycles. The van der Waals surface area contributed by atoms with Crippen molar-refractivity contribution in [2.45, 2.75) is 45.1 Å². The highest BCUT2D eigenvalue weighted by molar-refractivity contribution is 5.80. The molecule has 0 spiro atoms. The Labute approximate surface area is 134 Å². The molecule has 0 radical (unpaired) electrons. The summed E-state index contributed by atoms with van der Waals surface area (Å²) in [6, 6.07) is 0.502. The molecule has 0 aromatic carbocycles. The van der Waals surface area contributed by atoms with Gasteiger partial charge in [0.15, 0.2) is 5.96 Å². The first-order valence-corrected chi connectivity index (χ1v) is 8.73. The molecule has 2 rings (SSSR count). The lowest BCUT2D eigenvalue weighted by Gasteiger charge is -2.21. The van der Waals surface area contributed by atoms with Gasteiger partial charge in [-0.15, -0.1) is 0 Å². The van der Waals surface area contributed by atoms with Crippen molar-refractivity contribution in [3.05, 3.63) is 12.2 Å². The second-order valence-corrected chi connectivity index (χ2v) is 6.03. The number of guanidine groups is 1. The minimum atomic E-state index is 0.502. The Bertz CT molecular complexity index is 344. The maximum absolute atomic E-state index is 5.77. The number of rotatable bonds is 8. The van der Waals surface area contributed by atoms with Gasteiger partial charge in [0.1, 0.15) is 0 Å². The van der Waals surface area contributed by atoms with E-state index >= 15 is 0 Å². The fourth-order valence-corrected chi connectivity index (χ4v) is 2.77. The minimum Gasteiger partial charge on any atom is -0.381 e. The quantitative estimate of drug-likeness (QED) is 0.312. The van der Waals surface area contributed by atoms with Crippen molar-refractivity contribution in [3.8, 4) is 0 Å². The van der Waals surface area contributed by atoms with Gasteiger partial charge in [0.2, 0.25) is 0 Å². The monoisotopic (exact) mass is 309 g/mol. The first kappa shape index (κ1) is 17.3. The van der Waals surface area contributed by atoms with Crippen LogP contribution in [0.15, 0.2) is 17.1 Å². The SMILES string of the molecule is CCNC(=NCCCOCC1CCOCC1)NC1CC=CC1. The predicted molar refractivity (Wildman–Crippen MR) is 90.3 cm³/mol. The first-order chi connectivity index (χ1) is 10.9. The van der Waals surface area contributed by atoms with Crippen LogP contribution in [0.5, 0.6) is 0 Å². The molecule has 0 atom stereocenters. The van der Waals surface area contributed by atoms with Crippen LogP contribution in [0.3, 0.4) is 0 Å². The van der Waals surface area contributed by atoms with Crippen molar-refractivity contribution in [1.82, 2.24) is 10.6 Å². The molecule has 0 bridgehead atoms. The van der Waals surface area contributed by atoms with Crippen molar-refractivity contribution in [1.29, 1.82) is 0 Å². The van der Waals surface area contributed by atoms with Crippen LogP contribution in [0, 0.1) is 5.92 Å². The Hall–Kier alpha value is -1.07. The lowest BCUT2D eigenvalue weighted by Crippen LogP contribution is -2.42. The van der Waals surface area contributed by atoms with Gasteiger partial charge in [-0.25, -0.2) is 0 Å². The smallest absolute Gasteiger partial charge is 0.191 e. The fraction of sp³-hybridized carbons (Fsp3) is 0.824. The van der Waals surface area contributed by atoms with E-state index in [1.807, 2.05) is 0 Å². The molecule has 0 aromatic rings. The van der Waals surface area contributed by atoms with Gasteiger partial charge in [-0.3, -0.25) is 4.99 Å². The van der Waals surface area contributed by atoms with Gasteiger partial charge < -0.3 is 20.1 Å². The molecule has 1 heterocycles. The number of nitrogens with one attached hydrogen (secondary N) is 2. The maximum atomic E-state index is 5.77. The number of aliphatic imine (C=N–C) groups is 1. The topological polar surface area (TPSA) is 54.9 Å². The summed E-state index contributed by atoms with van der Waals surface area (Å²) in [6.45, 7) is 7.26. The zero-order chi connectivity index (χ0) is 15.5. The van der Waals surface area contributed by atoms with Gasteiger partial charge in [-0.2, -0.15) is 0 Å². The largest absolute Gasteiger partial charge is 0.381 e. The van der Waals surface area contributed by atoms with Crippen molar-refractivity contribution in [2.24, 2.45) is 10.9 Å². The summed E-state index contributed by atoms with van der Waals surface area (Å²) in [5.41, 5.74) is 0. The Morgan fingerprint density at radius 1 is 1.27 bits per heavy atom. The van der Waals surface area contributed by atoms with Crippen LogP contribution >= 0.6 is 0 Å². The van der Waals surface area contributed by atoms with E-state index in [1.165, 1.54) is 0 Å². The minimum absolute atomic E-state index is 0.502. The van der Waals surface area contributed by atoms with Gasteiger partial charge in [0.25, 0.3) is 0 Å². The van der Waals surface area contributed by atoms with Crippen molar-refractivity contribution in [3.63, 3.8) is 0 Å². The molecular weight excluding hydrogens is 278 g/mol. The zero-order valence-corrected chi connectivity index (χ0v) is 13.9. The first-order valence-electron chi connectivity index (χ1n) is 8.73. The van der Waals surface area contributed by atoms with Gasteiger partial charge in [-0.1, -0.05) is 12.2 Å². The van der Waals surface area contributed by atoms with E-state index in [4.69, 9.17) is 9.47 Å². The van der Waals surface area contributed by atoms with E-state index in [2.05, 4.69) is 34.7 Å². The van der Waals surface area contributed by atoms with Crippen LogP contribution in [0.25, 0.3) is 0 Å². The van der Waals surface area contributed by atoms with Crippen LogP contribution in [0.2, 0.25) is 0 Å². The Morgan fingerprint density at radius 3 is 2.77 bits per heavy atom.